The fourth-order valence-corrected chi connectivity index (χ4v) is 1.88. The van der Waals surface area contributed by atoms with Crippen LogP contribution in [0.3, 0.4) is 0 Å². The second-order valence-corrected chi connectivity index (χ2v) is 3.61. The van der Waals surface area contributed by atoms with Crippen molar-refractivity contribution in [1.29, 1.82) is 0 Å². The van der Waals surface area contributed by atoms with Crippen LogP contribution in [0.25, 0.3) is 10.4 Å². The van der Waals surface area contributed by atoms with Crippen LogP contribution in [0.4, 0.5) is 5.13 Å². The van der Waals surface area contributed by atoms with Crippen LogP contribution in [0.2, 0.25) is 0 Å². The van der Waals surface area contributed by atoms with Crippen LogP contribution in [-0.4, -0.2) is 17.2 Å². The van der Waals surface area contributed by atoms with Gasteiger partial charge in [-0.25, -0.2) is 4.98 Å². The number of thiazole rings is 1. The molecule has 0 atom stereocenters. The molecule has 2 aromatic rings. The van der Waals surface area contributed by atoms with E-state index in [-0.39, 0.29) is 0 Å². The van der Waals surface area contributed by atoms with Gasteiger partial charge in [0.05, 0.1) is 16.6 Å². The molecule has 0 fully saturated rings. The fraction of sp³-hybridized carbons (Fsp3) is 0.250. The van der Waals surface area contributed by atoms with E-state index < -0.39 is 0 Å². The Labute approximate surface area is 79.6 Å². The van der Waals surface area contributed by atoms with Crippen molar-refractivity contribution in [3.05, 3.63) is 18.2 Å². The van der Waals surface area contributed by atoms with Gasteiger partial charge < -0.3 is 9.84 Å². The molecule has 0 radical (unpaired) electrons. The minimum Gasteiger partial charge on any atom is -0.365 e. The van der Waals surface area contributed by atoms with Crippen LogP contribution in [-0.2, 0) is 0 Å². The highest BCUT2D eigenvalue weighted by molar-refractivity contribution is 7.18. The predicted molar refractivity (Wildman–Crippen MR) is 51.9 cm³/mol. The lowest BCUT2D eigenvalue weighted by Gasteiger charge is -1.89. The van der Waals surface area contributed by atoms with E-state index in [1.165, 1.54) is 0 Å². The van der Waals surface area contributed by atoms with Crippen molar-refractivity contribution in [2.24, 2.45) is 0 Å². The molecule has 0 amide bonds. The first-order chi connectivity index (χ1) is 6.31. The van der Waals surface area contributed by atoms with E-state index in [1.807, 2.05) is 20.2 Å². The van der Waals surface area contributed by atoms with E-state index in [9.17, 15) is 0 Å². The maximum absolute atomic E-state index is 4.97. The van der Waals surface area contributed by atoms with Gasteiger partial charge in [0.15, 0.2) is 5.13 Å². The van der Waals surface area contributed by atoms with E-state index in [0.29, 0.717) is 0 Å². The van der Waals surface area contributed by atoms with E-state index >= 15 is 0 Å². The van der Waals surface area contributed by atoms with Gasteiger partial charge in [-0.05, 0) is 6.92 Å². The van der Waals surface area contributed by atoms with E-state index in [1.54, 1.807) is 17.5 Å². The molecule has 13 heavy (non-hydrogen) atoms. The summed E-state index contributed by atoms with van der Waals surface area (Å²) >= 11 is 1.58. The van der Waals surface area contributed by atoms with Crippen LogP contribution in [0.5, 0.6) is 0 Å². The Bertz CT molecular complexity index is 407. The quantitative estimate of drug-likeness (QED) is 0.797. The average molecular weight is 195 g/mol. The number of rotatable bonds is 2. The van der Waals surface area contributed by atoms with Gasteiger partial charge in [0.1, 0.15) is 5.76 Å². The van der Waals surface area contributed by atoms with Crippen molar-refractivity contribution in [2.45, 2.75) is 6.92 Å². The normalized spacial score (nSPS) is 10.3. The Balaban J connectivity index is 2.41. The highest BCUT2D eigenvalue weighted by atomic mass is 32.1. The van der Waals surface area contributed by atoms with E-state index in [0.717, 1.165) is 21.3 Å². The Hall–Kier alpha value is -1.36. The van der Waals surface area contributed by atoms with Crippen molar-refractivity contribution in [3.8, 4) is 10.4 Å². The number of aromatic nitrogens is 2. The van der Waals surface area contributed by atoms with Crippen LogP contribution < -0.4 is 5.32 Å². The average Bonchev–Trinajstić information content (AvgIpc) is 2.71. The van der Waals surface area contributed by atoms with Crippen molar-refractivity contribution < 1.29 is 4.52 Å². The zero-order chi connectivity index (χ0) is 9.26. The Morgan fingerprint density at radius 1 is 1.46 bits per heavy atom. The van der Waals surface area contributed by atoms with Gasteiger partial charge >= 0.3 is 0 Å². The van der Waals surface area contributed by atoms with Gasteiger partial charge in [-0.1, -0.05) is 16.5 Å². The molecule has 0 saturated heterocycles. The topological polar surface area (TPSA) is 51.0 Å². The lowest BCUT2D eigenvalue weighted by Crippen LogP contribution is -1.83. The molecule has 5 heteroatoms. The summed E-state index contributed by atoms with van der Waals surface area (Å²) in [6.07, 6.45) is 3.53. The molecular formula is C8H9N3OS. The summed E-state index contributed by atoms with van der Waals surface area (Å²) in [7, 11) is 1.85. The molecule has 0 saturated carbocycles. The maximum atomic E-state index is 4.97. The summed E-state index contributed by atoms with van der Waals surface area (Å²) in [6, 6.07) is 0. The third-order valence-corrected chi connectivity index (χ3v) is 2.78. The lowest BCUT2D eigenvalue weighted by atomic mass is 10.2. The van der Waals surface area contributed by atoms with E-state index in [4.69, 9.17) is 4.52 Å². The number of aryl methyl sites for hydroxylation is 1. The highest BCUT2D eigenvalue weighted by Gasteiger charge is 2.08. The fourth-order valence-electron chi connectivity index (χ4n) is 1.05. The summed E-state index contributed by atoms with van der Waals surface area (Å²) < 4.78 is 4.97. The first-order valence-corrected chi connectivity index (χ1v) is 4.68. The zero-order valence-corrected chi connectivity index (χ0v) is 8.18. The summed E-state index contributed by atoms with van der Waals surface area (Å²) in [5, 5.41) is 7.60. The Morgan fingerprint density at radius 2 is 2.31 bits per heavy atom. The van der Waals surface area contributed by atoms with Gasteiger partial charge in [0.25, 0.3) is 0 Å². The van der Waals surface area contributed by atoms with Crippen LogP contribution in [0.1, 0.15) is 5.76 Å². The first kappa shape index (κ1) is 8.25. The summed E-state index contributed by atoms with van der Waals surface area (Å²) in [5.74, 6) is 0.825. The molecule has 4 nitrogen and oxygen atoms in total. The van der Waals surface area contributed by atoms with Crippen molar-refractivity contribution in [3.63, 3.8) is 0 Å². The number of hydrogen-bond acceptors (Lipinski definition) is 5. The third kappa shape index (κ3) is 1.42. The largest absolute Gasteiger partial charge is 0.365 e. The Morgan fingerprint density at radius 3 is 2.85 bits per heavy atom. The molecule has 68 valence electrons. The van der Waals surface area contributed by atoms with Crippen molar-refractivity contribution >= 4 is 16.5 Å². The maximum Gasteiger partial charge on any atom is 0.182 e. The molecule has 2 rings (SSSR count). The summed E-state index contributed by atoms with van der Waals surface area (Å²) in [4.78, 5) is 5.24. The van der Waals surface area contributed by atoms with Crippen molar-refractivity contribution in [1.82, 2.24) is 10.1 Å². The van der Waals surface area contributed by atoms with Gasteiger partial charge in [-0.3, -0.25) is 0 Å². The molecule has 0 aliphatic heterocycles. The molecule has 0 aliphatic carbocycles. The SMILES string of the molecule is CNc1ncc(-c2cnoc2C)s1. The van der Waals surface area contributed by atoms with Crippen molar-refractivity contribution in [2.75, 3.05) is 12.4 Å². The second kappa shape index (κ2) is 3.18. The summed E-state index contributed by atoms with van der Waals surface area (Å²) in [5.41, 5.74) is 1.01. The Kier molecular flexibility index (Phi) is 2.02. The predicted octanol–water partition coefficient (Wildman–Crippen LogP) is 2.15. The molecule has 2 aromatic heterocycles. The third-order valence-electron chi connectivity index (χ3n) is 1.74. The summed E-state index contributed by atoms with van der Waals surface area (Å²) in [6.45, 7) is 1.89. The van der Waals surface area contributed by atoms with Gasteiger partial charge in [-0.15, -0.1) is 0 Å². The van der Waals surface area contributed by atoms with Gasteiger partial charge in [-0.2, -0.15) is 0 Å². The number of nitrogens with zero attached hydrogens (tertiary/aromatic N) is 2. The number of anilines is 1. The monoisotopic (exact) mass is 195 g/mol. The lowest BCUT2D eigenvalue weighted by molar-refractivity contribution is 0.398. The minimum absolute atomic E-state index is 0.825. The molecule has 1 N–H and O–H groups in total. The standard InChI is InChI=1S/C8H9N3OS/c1-5-6(3-11-12-5)7-4-10-8(9-2)13-7/h3-4H,1-2H3,(H,9,10). The van der Waals surface area contributed by atoms with Crippen LogP contribution >= 0.6 is 11.3 Å². The molecule has 0 aromatic carbocycles. The molecule has 0 unspecified atom stereocenters. The molecule has 0 spiro atoms. The van der Waals surface area contributed by atoms with E-state index in [2.05, 4.69) is 15.5 Å². The van der Waals surface area contributed by atoms with Gasteiger partial charge in [0, 0.05) is 13.2 Å². The number of nitrogens with one attached hydrogen (secondary N) is 1. The second-order valence-electron chi connectivity index (χ2n) is 2.58. The number of hydrogen-bond donors (Lipinski definition) is 1. The van der Waals surface area contributed by atoms with Gasteiger partial charge in [0.2, 0.25) is 0 Å². The molecule has 0 bridgehead atoms. The molecular weight excluding hydrogens is 186 g/mol. The minimum atomic E-state index is 0.825. The molecule has 0 aliphatic rings. The zero-order valence-electron chi connectivity index (χ0n) is 7.37. The van der Waals surface area contributed by atoms with Crippen LogP contribution in [0, 0.1) is 6.92 Å². The first-order valence-electron chi connectivity index (χ1n) is 3.86. The highest BCUT2D eigenvalue weighted by Crippen LogP contribution is 2.30. The smallest absolute Gasteiger partial charge is 0.182 e. The van der Waals surface area contributed by atoms with Crippen LogP contribution in [0.15, 0.2) is 16.9 Å². The molecule has 2 heterocycles.